The van der Waals surface area contributed by atoms with Crippen molar-refractivity contribution >= 4 is 5.91 Å². The maximum Gasteiger partial charge on any atom is 0.223 e. The Bertz CT molecular complexity index is 719. The van der Waals surface area contributed by atoms with Gasteiger partial charge in [0.05, 0.1) is 0 Å². The zero-order valence-electron chi connectivity index (χ0n) is 15.0. The molecule has 1 aliphatic heterocycles. The van der Waals surface area contributed by atoms with E-state index in [1.54, 1.807) is 0 Å². The van der Waals surface area contributed by atoms with Crippen molar-refractivity contribution in [1.29, 1.82) is 0 Å². The van der Waals surface area contributed by atoms with Crippen LogP contribution in [0.5, 0.6) is 0 Å². The van der Waals surface area contributed by atoms with Crippen molar-refractivity contribution in [3.8, 4) is 0 Å². The first kappa shape index (κ1) is 16.7. The lowest BCUT2D eigenvalue weighted by atomic mass is 10.0. The SMILES string of the molecule is Cc1ccc(CCC(=O)N2CCCC2Cn2ccnc2C)c(C)c1. The second-order valence-corrected chi connectivity index (χ2v) is 6.94. The Hall–Kier alpha value is -2.10. The van der Waals surface area contributed by atoms with Gasteiger partial charge in [-0.3, -0.25) is 4.79 Å². The van der Waals surface area contributed by atoms with Crippen LogP contribution < -0.4 is 0 Å². The highest BCUT2D eigenvalue weighted by atomic mass is 16.2. The summed E-state index contributed by atoms with van der Waals surface area (Å²) in [5.74, 6) is 1.31. The number of carbonyl (C=O) groups is 1. The predicted molar refractivity (Wildman–Crippen MR) is 95.9 cm³/mol. The molecule has 2 heterocycles. The second kappa shape index (κ2) is 7.20. The minimum absolute atomic E-state index is 0.287. The van der Waals surface area contributed by atoms with Crippen LogP contribution in [0.2, 0.25) is 0 Å². The van der Waals surface area contributed by atoms with E-state index < -0.39 is 0 Å². The molecule has 0 spiro atoms. The summed E-state index contributed by atoms with van der Waals surface area (Å²) in [6.45, 7) is 8.01. The Balaban J connectivity index is 1.60. The number of aryl methyl sites for hydroxylation is 4. The molecule has 0 bridgehead atoms. The number of amides is 1. The number of aromatic nitrogens is 2. The molecular formula is C20H27N3O. The van der Waals surface area contributed by atoms with Crippen molar-refractivity contribution in [2.75, 3.05) is 6.54 Å². The van der Waals surface area contributed by atoms with Gasteiger partial charge in [-0.05, 0) is 51.2 Å². The van der Waals surface area contributed by atoms with E-state index in [4.69, 9.17) is 0 Å². The smallest absolute Gasteiger partial charge is 0.223 e. The molecule has 1 fully saturated rings. The van der Waals surface area contributed by atoms with Gasteiger partial charge in [0.25, 0.3) is 0 Å². The third kappa shape index (κ3) is 3.69. The average molecular weight is 325 g/mol. The monoisotopic (exact) mass is 325 g/mol. The summed E-state index contributed by atoms with van der Waals surface area (Å²) in [4.78, 5) is 19.1. The molecule has 1 saturated heterocycles. The van der Waals surface area contributed by atoms with Gasteiger partial charge in [-0.2, -0.15) is 0 Å². The summed E-state index contributed by atoms with van der Waals surface area (Å²) in [5.41, 5.74) is 3.85. The predicted octanol–water partition coefficient (Wildman–Crippen LogP) is 3.43. The van der Waals surface area contributed by atoms with Gasteiger partial charge in [0.2, 0.25) is 5.91 Å². The van der Waals surface area contributed by atoms with Crippen molar-refractivity contribution < 1.29 is 4.79 Å². The molecule has 1 atom stereocenters. The van der Waals surface area contributed by atoms with Crippen LogP contribution in [-0.4, -0.2) is 32.9 Å². The van der Waals surface area contributed by atoms with E-state index in [1.807, 2.05) is 19.3 Å². The molecule has 1 aromatic heterocycles. The van der Waals surface area contributed by atoms with Crippen molar-refractivity contribution in [3.05, 3.63) is 53.1 Å². The third-order valence-corrected chi connectivity index (χ3v) is 5.13. The van der Waals surface area contributed by atoms with Crippen molar-refractivity contribution in [2.45, 2.75) is 59.0 Å². The zero-order valence-corrected chi connectivity index (χ0v) is 15.0. The number of nitrogens with zero attached hydrogens (tertiary/aromatic N) is 3. The van der Waals surface area contributed by atoms with Crippen LogP contribution in [-0.2, 0) is 17.8 Å². The van der Waals surface area contributed by atoms with Crippen LogP contribution in [0.1, 0.15) is 41.8 Å². The van der Waals surface area contributed by atoms with Gasteiger partial charge in [0.15, 0.2) is 0 Å². The summed E-state index contributed by atoms with van der Waals surface area (Å²) in [7, 11) is 0. The van der Waals surface area contributed by atoms with Crippen molar-refractivity contribution in [1.82, 2.24) is 14.5 Å². The molecule has 2 aromatic rings. The van der Waals surface area contributed by atoms with Crippen LogP contribution in [0.25, 0.3) is 0 Å². The topological polar surface area (TPSA) is 38.1 Å². The molecule has 0 N–H and O–H groups in total. The van der Waals surface area contributed by atoms with E-state index >= 15 is 0 Å². The first-order valence-electron chi connectivity index (χ1n) is 8.88. The number of likely N-dealkylation sites (tertiary alicyclic amines) is 1. The number of carbonyl (C=O) groups excluding carboxylic acids is 1. The lowest BCUT2D eigenvalue weighted by molar-refractivity contribution is -0.132. The van der Waals surface area contributed by atoms with Crippen LogP contribution >= 0.6 is 0 Å². The van der Waals surface area contributed by atoms with Crippen LogP contribution in [0.4, 0.5) is 0 Å². The van der Waals surface area contributed by atoms with E-state index in [-0.39, 0.29) is 5.91 Å². The highest BCUT2D eigenvalue weighted by molar-refractivity contribution is 5.77. The van der Waals surface area contributed by atoms with Gasteiger partial charge < -0.3 is 9.47 Å². The van der Waals surface area contributed by atoms with Gasteiger partial charge in [-0.1, -0.05) is 23.8 Å². The van der Waals surface area contributed by atoms with E-state index in [9.17, 15) is 4.79 Å². The first-order valence-corrected chi connectivity index (χ1v) is 8.88. The highest BCUT2D eigenvalue weighted by Gasteiger charge is 2.28. The molecule has 0 radical (unpaired) electrons. The quantitative estimate of drug-likeness (QED) is 0.845. The molecule has 1 aromatic carbocycles. The standard InChI is InChI=1S/C20H27N3O/c1-15-6-7-18(16(2)13-15)8-9-20(24)23-11-4-5-19(23)14-22-12-10-21-17(22)3/h6-7,10,12-13,19H,4-5,8-9,11,14H2,1-3H3. The average Bonchev–Trinajstić information content (AvgIpc) is 3.16. The minimum Gasteiger partial charge on any atom is -0.338 e. The van der Waals surface area contributed by atoms with Gasteiger partial charge in [0, 0.05) is 37.9 Å². The molecular weight excluding hydrogens is 298 g/mol. The van der Waals surface area contributed by atoms with Gasteiger partial charge in [-0.15, -0.1) is 0 Å². The minimum atomic E-state index is 0.287. The Morgan fingerprint density at radius 3 is 2.83 bits per heavy atom. The summed E-state index contributed by atoms with van der Waals surface area (Å²) in [5, 5.41) is 0. The Kier molecular flexibility index (Phi) is 5.03. The van der Waals surface area contributed by atoms with Crippen LogP contribution in [0.3, 0.4) is 0 Å². The summed E-state index contributed by atoms with van der Waals surface area (Å²) < 4.78 is 2.15. The lowest BCUT2D eigenvalue weighted by Crippen LogP contribution is -2.38. The Morgan fingerprint density at radius 2 is 2.12 bits per heavy atom. The van der Waals surface area contributed by atoms with E-state index in [2.05, 4.69) is 46.5 Å². The first-order chi connectivity index (χ1) is 11.5. The number of imidazole rings is 1. The maximum atomic E-state index is 12.7. The Morgan fingerprint density at radius 1 is 1.29 bits per heavy atom. The molecule has 1 amide bonds. The molecule has 4 nitrogen and oxygen atoms in total. The largest absolute Gasteiger partial charge is 0.338 e. The van der Waals surface area contributed by atoms with Gasteiger partial charge in [-0.25, -0.2) is 4.98 Å². The molecule has 128 valence electrons. The molecule has 1 unspecified atom stereocenters. The van der Waals surface area contributed by atoms with Crippen molar-refractivity contribution in [2.24, 2.45) is 0 Å². The maximum absolute atomic E-state index is 12.7. The number of benzene rings is 1. The summed E-state index contributed by atoms with van der Waals surface area (Å²) in [6.07, 6.45) is 7.46. The number of hydrogen-bond acceptors (Lipinski definition) is 2. The van der Waals surface area contributed by atoms with Crippen LogP contribution in [0.15, 0.2) is 30.6 Å². The number of rotatable bonds is 5. The van der Waals surface area contributed by atoms with E-state index in [0.717, 1.165) is 38.2 Å². The van der Waals surface area contributed by atoms with Crippen molar-refractivity contribution in [3.63, 3.8) is 0 Å². The molecule has 3 rings (SSSR count). The molecule has 0 aliphatic carbocycles. The fourth-order valence-corrected chi connectivity index (χ4v) is 3.69. The normalized spacial score (nSPS) is 17.5. The van der Waals surface area contributed by atoms with Gasteiger partial charge >= 0.3 is 0 Å². The molecule has 1 aliphatic rings. The van der Waals surface area contributed by atoms with Gasteiger partial charge in [0.1, 0.15) is 5.82 Å². The zero-order chi connectivity index (χ0) is 17.1. The van der Waals surface area contributed by atoms with Crippen LogP contribution in [0, 0.1) is 20.8 Å². The summed E-state index contributed by atoms with van der Waals surface area (Å²) >= 11 is 0. The lowest BCUT2D eigenvalue weighted by Gasteiger charge is -2.25. The summed E-state index contributed by atoms with van der Waals surface area (Å²) in [6, 6.07) is 6.80. The van der Waals surface area contributed by atoms with E-state index in [0.29, 0.717) is 12.5 Å². The fraction of sp³-hybridized carbons (Fsp3) is 0.500. The van der Waals surface area contributed by atoms with E-state index in [1.165, 1.54) is 16.7 Å². The number of hydrogen-bond donors (Lipinski definition) is 0. The third-order valence-electron chi connectivity index (χ3n) is 5.13. The highest BCUT2D eigenvalue weighted by Crippen LogP contribution is 2.21. The Labute approximate surface area is 144 Å². The molecule has 24 heavy (non-hydrogen) atoms. The molecule has 0 saturated carbocycles. The fourth-order valence-electron chi connectivity index (χ4n) is 3.69. The molecule has 4 heteroatoms. The second-order valence-electron chi connectivity index (χ2n) is 6.94.